The molecule has 10 heavy (non-hydrogen) atoms. The van der Waals surface area contributed by atoms with Crippen molar-refractivity contribution in [3.05, 3.63) is 23.5 Å². The van der Waals surface area contributed by atoms with Gasteiger partial charge in [0.1, 0.15) is 5.75 Å². The lowest BCUT2D eigenvalue weighted by molar-refractivity contribution is 0.470. The summed E-state index contributed by atoms with van der Waals surface area (Å²) in [4.78, 5) is 3.81. The van der Waals surface area contributed by atoms with Crippen molar-refractivity contribution >= 4 is 0 Å². The zero-order valence-corrected chi connectivity index (χ0v) is 5.63. The van der Waals surface area contributed by atoms with Gasteiger partial charge in [0.15, 0.2) is 5.69 Å². The van der Waals surface area contributed by atoms with E-state index in [0.29, 0.717) is 5.69 Å². The van der Waals surface area contributed by atoms with Gasteiger partial charge in [0, 0.05) is 6.20 Å². The van der Waals surface area contributed by atoms with E-state index in [-0.39, 0.29) is 5.75 Å². The number of terminal acetylenes is 1. The third kappa shape index (κ3) is 1.08. The number of aryl methyl sites for hydroxylation is 1. The number of rotatable bonds is 0. The highest BCUT2D eigenvalue weighted by Gasteiger charge is 1.96. The molecule has 0 bridgehead atoms. The van der Waals surface area contributed by atoms with Crippen LogP contribution >= 0.6 is 0 Å². The van der Waals surface area contributed by atoms with Crippen molar-refractivity contribution in [2.24, 2.45) is 0 Å². The highest BCUT2D eigenvalue weighted by Crippen LogP contribution is 2.13. The van der Waals surface area contributed by atoms with E-state index in [0.717, 1.165) is 5.56 Å². The van der Waals surface area contributed by atoms with Crippen molar-refractivity contribution in [3.8, 4) is 18.1 Å². The summed E-state index contributed by atoms with van der Waals surface area (Å²) in [5.41, 5.74) is 1.20. The molecular weight excluding hydrogens is 126 g/mol. The maximum Gasteiger partial charge on any atom is 0.154 e. The molecule has 0 aromatic carbocycles. The minimum Gasteiger partial charge on any atom is -0.505 e. The molecule has 0 amide bonds. The molecule has 1 aromatic heterocycles. The van der Waals surface area contributed by atoms with Gasteiger partial charge in [-0.25, -0.2) is 4.98 Å². The third-order valence-electron chi connectivity index (χ3n) is 1.14. The Morgan fingerprint density at radius 3 is 2.90 bits per heavy atom. The van der Waals surface area contributed by atoms with Gasteiger partial charge in [-0.3, -0.25) is 0 Å². The number of nitrogens with zero attached hydrogens (tertiary/aromatic N) is 1. The van der Waals surface area contributed by atoms with Gasteiger partial charge >= 0.3 is 0 Å². The first kappa shape index (κ1) is 6.63. The Morgan fingerprint density at radius 2 is 2.40 bits per heavy atom. The predicted octanol–water partition coefficient (Wildman–Crippen LogP) is 1.08. The zero-order valence-electron chi connectivity index (χ0n) is 5.63. The lowest BCUT2D eigenvalue weighted by Gasteiger charge is -1.95. The van der Waals surface area contributed by atoms with E-state index in [4.69, 9.17) is 11.5 Å². The van der Waals surface area contributed by atoms with Crippen LogP contribution in [0.5, 0.6) is 5.75 Å². The van der Waals surface area contributed by atoms with Gasteiger partial charge in [0.2, 0.25) is 0 Å². The largest absolute Gasteiger partial charge is 0.505 e. The van der Waals surface area contributed by atoms with Gasteiger partial charge in [-0.1, -0.05) is 0 Å². The Kier molecular flexibility index (Phi) is 1.59. The highest BCUT2D eigenvalue weighted by molar-refractivity contribution is 5.39. The lowest BCUT2D eigenvalue weighted by atomic mass is 10.2. The van der Waals surface area contributed by atoms with E-state index < -0.39 is 0 Å². The Balaban J connectivity index is 3.23. The van der Waals surface area contributed by atoms with Gasteiger partial charge < -0.3 is 5.11 Å². The van der Waals surface area contributed by atoms with E-state index in [9.17, 15) is 0 Å². The number of aromatic nitrogens is 1. The fraction of sp³-hybridized carbons (Fsp3) is 0.125. The molecule has 0 radical (unpaired) electrons. The second-order valence-electron chi connectivity index (χ2n) is 2.02. The van der Waals surface area contributed by atoms with E-state index in [2.05, 4.69) is 10.9 Å². The molecule has 0 aliphatic rings. The Hall–Kier alpha value is -1.49. The zero-order chi connectivity index (χ0) is 7.56. The first-order chi connectivity index (χ1) is 4.74. The number of aromatic hydroxyl groups is 1. The molecule has 2 heteroatoms. The van der Waals surface area contributed by atoms with Gasteiger partial charge in [0.25, 0.3) is 0 Å². The van der Waals surface area contributed by atoms with Crippen LogP contribution < -0.4 is 0 Å². The Morgan fingerprint density at radius 1 is 1.70 bits per heavy atom. The molecule has 1 N–H and O–H groups in total. The summed E-state index contributed by atoms with van der Waals surface area (Å²) in [5, 5.41) is 9.09. The lowest BCUT2D eigenvalue weighted by Crippen LogP contribution is -1.83. The maximum atomic E-state index is 9.09. The maximum absolute atomic E-state index is 9.09. The fourth-order valence-corrected chi connectivity index (χ4v) is 0.665. The van der Waals surface area contributed by atoms with Crippen LogP contribution in [-0.4, -0.2) is 10.1 Å². The molecule has 1 rings (SSSR count). The van der Waals surface area contributed by atoms with Crippen molar-refractivity contribution < 1.29 is 5.11 Å². The average Bonchev–Trinajstić information content (AvgIpc) is 1.88. The SMILES string of the molecule is C#Cc1ncc(C)cc1O. The quantitative estimate of drug-likeness (QED) is 0.537. The summed E-state index contributed by atoms with van der Waals surface area (Å²) < 4.78 is 0. The molecule has 50 valence electrons. The van der Waals surface area contributed by atoms with Crippen LogP contribution in [0.25, 0.3) is 0 Å². The first-order valence-corrected chi connectivity index (χ1v) is 2.86. The topological polar surface area (TPSA) is 33.1 Å². The second kappa shape index (κ2) is 2.40. The van der Waals surface area contributed by atoms with E-state index >= 15 is 0 Å². The molecule has 0 aliphatic heterocycles. The molecule has 0 saturated carbocycles. The van der Waals surface area contributed by atoms with E-state index in [1.54, 1.807) is 12.3 Å². The fourth-order valence-electron chi connectivity index (χ4n) is 0.665. The highest BCUT2D eigenvalue weighted by atomic mass is 16.3. The summed E-state index contributed by atoms with van der Waals surface area (Å²) in [5.74, 6) is 2.33. The van der Waals surface area contributed by atoms with E-state index in [1.807, 2.05) is 6.92 Å². The normalized spacial score (nSPS) is 8.80. The third-order valence-corrected chi connectivity index (χ3v) is 1.14. The first-order valence-electron chi connectivity index (χ1n) is 2.86. The number of hydrogen-bond donors (Lipinski definition) is 1. The van der Waals surface area contributed by atoms with Gasteiger partial charge in [-0.15, -0.1) is 6.42 Å². The molecule has 0 saturated heterocycles. The van der Waals surface area contributed by atoms with E-state index in [1.165, 1.54) is 0 Å². The Labute approximate surface area is 59.5 Å². The number of pyridine rings is 1. The second-order valence-corrected chi connectivity index (χ2v) is 2.02. The summed E-state index contributed by atoms with van der Waals surface area (Å²) in [6.07, 6.45) is 6.65. The van der Waals surface area contributed by atoms with Crippen LogP contribution in [0.15, 0.2) is 12.3 Å². The monoisotopic (exact) mass is 133 g/mol. The van der Waals surface area contributed by atoms with Crippen molar-refractivity contribution in [2.75, 3.05) is 0 Å². The van der Waals surface area contributed by atoms with Crippen molar-refractivity contribution in [1.29, 1.82) is 0 Å². The molecular formula is C8H7NO. The van der Waals surface area contributed by atoms with Gasteiger partial charge in [-0.05, 0) is 24.5 Å². The molecule has 0 unspecified atom stereocenters. The smallest absolute Gasteiger partial charge is 0.154 e. The molecule has 0 fully saturated rings. The van der Waals surface area contributed by atoms with Crippen LogP contribution in [0.2, 0.25) is 0 Å². The predicted molar refractivity (Wildman–Crippen MR) is 38.6 cm³/mol. The van der Waals surface area contributed by atoms with Crippen LogP contribution in [0, 0.1) is 19.3 Å². The summed E-state index contributed by atoms with van der Waals surface area (Å²) >= 11 is 0. The van der Waals surface area contributed by atoms with Crippen LogP contribution in [0.1, 0.15) is 11.3 Å². The Bertz CT molecular complexity index is 286. The molecule has 0 aliphatic carbocycles. The molecule has 0 atom stereocenters. The molecule has 1 heterocycles. The minimum absolute atomic E-state index is 0.0718. The molecule has 1 aromatic rings. The van der Waals surface area contributed by atoms with Crippen LogP contribution in [0.3, 0.4) is 0 Å². The van der Waals surface area contributed by atoms with Crippen molar-refractivity contribution in [3.63, 3.8) is 0 Å². The van der Waals surface area contributed by atoms with Crippen LogP contribution in [0.4, 0.5) is 0 Å². The standard InChI is InChI=1S/C8H7NO/c1-3-7-8(10)4-6(2)5-9-7/h1,4-5,10H,2H3. The summed E-state index contributed by atoms with van der Waals surface area (Å²) in [7, 11) is 0. The summed E-state index contributed by atoms with van der Waals surface area (Å²) in [6.45, 7) is 1.84. The van der Waals surface area contributed by atoms with Crippen molar-refractivity contribution in [2.45, 2.75) is 6.92 Å². The summed E-state index contributed by atoms with van der Waals surface area (Å²) in [6, 6.07) is 1.59. The van der Waals surface area contributed by atoms with Gasteiger partial charge in [-0.2, -0.15) is 0 Å². The van der Waals surface area contributed by atoms with Crippen LogP contribution in [-0.2, 0) is 0 Å². The average molecular weight is 133 g/mol. The minimum atomic E-state index is 0.0718. The number of hydrogen-bond acceptors (Lipinski definition) is 2. The van der Waals surface area contributed by atoms with Gasteiger partial charge in [0.05, 0.1) is 0 Å². The molecule has 0 spiro atoms. The molecule has 2 nitrogen and oxygen atoms in total. The van der Waals surface area contributed by atoms with Crippen molar-refractivity contribution in [1.82, 2.24) is 4.98 Å².